The summed E-state index contributed by atoms with van der Waals surface area (Å²) < 4.78 is 5.10. The van der Waals surface area contributed by atoms with E-state index in [1.165, 1.54) is 0 Å². The van der Waals surface area contributed by atoms with E-state index in [1.807, 2.05) is 31.0 Å². The fourth-order valence-electron chi connectivity index (χ4n) is 1.46. The van der Waals surface area contributed by atoms with Crippen LogP contribution in [0.1, 0.15) is 5.69 Å². The molecule has 0 bridgehead atoms. The summed E-state index contributed by atoms with van der Waals surface area (Å²) in [6, 6.07) is 3.92. The third-order valence-corrected chi connectivity index (χ3v) is 2.36. The second kappa shape index (κ2) is 3.86. The molecule has 2 aromatic heterocycles. The highest BCUT2D eigenvalue weighted by Gasteiger charge is 2.08. The van der Waals surface area contributed by atoms with Crippen molar-refractivity contribution in [2.24, 2.45) is 5.73 Å². The maximum absolute atomic E-state index is 5.48. The van der Waals surface area contributed by atoms with Crippen molar-refractivity contribution in [3.63, 3.8) is 0 Å². The van der Waals surface area contributed by atoms with Gasteiger partial charge < -0.3 is 15.2 Å². The fraction of sp³-hybridized carbons (Fsp3) is 0.400. The van der Waals surface area contributed by atoms with Crippen molar-refractivity contribution in [2.75, 3.05) is 25.0 Å². The first kappa shape index (κ1) is 9.92. The van der Waals surface area contributed by atoms with Crippen LogP contribution < -0.4 is 10.6 Å². The molecule has 0 amide bonds. The molecule has 0 fully saturated rings. The molecule has 2 aromatic rings. The van der Waals surface area contributed by atoms with Gasteiger partial charge in [0.2, 0.25) is 0 Å². The highest BCUT2D eigenvalue weighted by molar-refractivity contribution is 5.77. The standard InChI is InChI=1S/C10H14N4O/c1-7-8-3-4-9(14(2)6-5-11)12-10(8)15-13-7/h3-4H,5-6,11H2,1-2H3. The molecule has 0 unspecified atom stereocenters. The van der Waals surface area contributed by atoms with Gasteiger partial charge in [0.05, 0.1) is 11.1 Å². The van der Waals surface area contributed by atoms with Gasteiger partial charge in [-0.1, -0.05) is 5.16 Å². The topological polar surface area (TPSA) is 68.2 Å². The molecule has 15 heavy (non-hydrogen) atoms. The molecule has 0 aliphatic rings. The summed E-state index contributed by atoms with van der Waals surface area (Å²) in [5.41, 5.74) is 6.92. The van der Waals surface area contributed by atoms with Crippen molar-refractivity contribution in [1.29, 1.82) is 0 Å². The predicted molar refractivity (Wildman–Crippen MR) is 58.9 cm³/mol. The SMILES string of the molecule is Cc1noc2nc(N(C)CCN)ccc12. The van der Waals surface area contributed by atoms with Crippen molar-refractivity contribution in [1.82, 2.24) is 10.1 Å². The normalized spacial score (nSPS) is 10.9. The van der Waals surface area contributed by atoms with Gasteiger partial charge in [-0.3, -0.25) is 0 Å². The van der Waals surface area contributed by atoms with Gasteiger partial charge in [0, 0.05) is 20.1 Å². The van der Waals surface area contributed by atoms with Crippen LogP contribution in [0.3, 0.4) is 0 Å². The summed E-state index contributed by atoms with van der Waals surface area (Å²) in [5.74, 6) is 0.851. The molecule has 2 N–H and O–H groups in total. The van der Waals surface area contributed by atoms with Gasteiger partial charge in [-0.15, -0.1) is 0 Å². The summed E-state index contributed by atoms with van der Waals surface area (Å²) >= 11 is 0. The lowest BCUT2D eigenvalue weighted by Crippen LogP contribution is -2.25. The van der Waals surface area contributed by atoms with Crippen LogP contribution in [-0.2, 0) is 0 Å². The number of nitrogens with two attached hydrogens (primary N) is 1. The molecule has 5 heteroatoms. The minimum Gasteiger partial charge on any atom is -0.358 e. The molecule has 2 heterocycles. The zero-order valence-corrected chi connectivity index (χ0v) is 8.90. The molecular weight excluding hydrogens is 192 g/mol. The van der Waals surface area contributed by atoms with Crippen LogP contribution in [-0.4, -0.2) is 30.3 Å². The summed E-state index contributed by atoms with van der Waals surface area (Å²) in [4.78, 5) is 6.34. The lowest BCUT2D eigenvalue weighted by Gasteiger charge is -2.16. The van der Waals surface area contributed by atoms with Gasteiger partial charge in [0.15, 0.2) is 0 Å². The Morgan fingerprint density at radius 2 is 2.27 bits per heavy atom. The van der Waals surface area contributed by atoms with E-state index >= 15 is 0 Å². The average molecular weight is 206 g/mol. The average Bonchev–Trinajstić information content (AvgIpc) is 2.60. The molecule has 0 spiro atoms. The van der Waals surface area contributed by atoms with Crippen LogP contribution in [0.4, 0.5) is 5.82 Å². The van der Waals surface area contributed by atoms with Crippen molar-refractivity contribution in [2.45, 2.75) is 6.92 Å². The molecule has 0 aliphatic carbocycles. The molecule has 0 saturated carbocycles. The number of pyridine rings is 1. The smallest absolute Gasteiger partial charge is 0.259 e. The molecule has 0 atom stereocenters. The predicted octanol–water partition coefficient (Wildman–Crippen LogP) is 0.926. The highest BCUT2D eigenvalue weighted by atomic mass is 16.5. The number of anilines is 1. The minimum absolute atomic E-state index is 0.578. The summed E-state index contributed by atoms with van der Waals surface area (Å²) in [5, 5.41) is 4.82. The molecule has 0 saturated heterocycles. The largest absolute Gasteiger partial charge is 0.358 e. The third-order valence-electron chi connectivity index (χ3n) is 2.36. The molecule has 2 rings (SSSR count). The highest BCUT2D eigenvalue weighted by Crippen LogP contribution is 2.19. The number of rotatable bonds is 3. The van der Waals surface area contributed by atoms with Crippen LogP contribution in [0.25, 0.3) is 11.1 Å². The van der Waals surface area contributed by atoms with E-state index in [2.05, 4.69) is 10.1 Å². The Bertz CT molecular complexity index is 465. The molecule has 0 aliphatic heterocycles. The van der Waals surface area contributed by atoms with Crippen molar-refractivity contribution >= 4 is 16.9 Å². The third kappa shape index (κ3) is 1.78. The van der Waals surface area contributed by atoms with E-state index in [9.17, 15) is 0 Å². The molecular formula is C10H14N4O. The fourth-order valence-corrected chi connectivity index (χ4v) is 1.46. The van der Waals surface area contributed by atoms with E-state index in [4.69, 9.17) is 10.3 Å². The summed E-state index contributed by atoms with van der Waals surface area (Å²) in [7, 11) is 1.95. The van der Waals surface area contributed by atoms with E-state index in [1.54, 1.807) is 0 Å². The summed E-state index contributed by atoms with van der Waals surface area (Å²) in [6.45, 7) is 3.27. The van der Waals surface area contributed by atoms with Crippen LogP contribution in [0.2, 0.25) is 0 Å². The zero-order valence-electron chi connectivity index (χ0n) is 8.90. The van der Waals surface area contributed by atoms with E-state index in [0.29, 0.717) is 12.3 Å². The maximum Gasteiger partial charge on any atom is 0.259 e. The van der Waals surface area contributed by atoms with Crippen LogP contribution in [0.5, 0.6) is 0 Å². The van der Waals surface area contributed by atoms with Gasteiger partial charge in [-0.25, -0.2) is 0 Å². The Balaban J connectivity index is 2.38. The second-order valence-corrected chi connectivity index (χ2v) is 3.50. The molecule has 0 aromatic carbocycles. The van der Waals surface area contributed by atoms with Crippen LogP contribution in [0.15, 0.2) is 16.7 Å². The van der Waals surface area contributed by atoms with Crippen LogP contribution >= 0.6 is 0 Å². The monoisotopic (exact) mass is 206 g/mol. The van der Waals surface area contributed by atoms with E-state index < -0.39 is 0 Å². The lowest BCUT2D eigenvalue weighted by atomic mass is 10.3. The van der Waals surface area contributed by atoms with Gasteiger partial charge in [0.25, 0.3) is 5.71 Å². The Morgan fingerprint density at radius 3 is 3.00 bits per heavy atom. The molecule has 0 radical (unpaired) electrons. The van der Waals surface area contributed by atoms with Gasteiger partial charge in [-0.2, -0.15) is 4.98 Å². The lowest BCUT2D eigenvalue weighted by molar-refractivity contribution is 0.443. The van der Waals surface area contributed by atoms with Gasteiger partial charge >= 0.3 is 0 Å². The first-order valence-electron chi connectivity index (χ1n) is 4.86. The first-order chi connectivity index (χ1) is 7.22. The number of aryl methyl sites for hydroxylation is 1. The van der Waals surface area contributed by atoms with Gasteiger partial charge in [-0.05, 0) is 19.1 Å². The van der Waals surface area contributed by atoms with Crippen molar-refractivity contribution < 1.29 is 4.52 Å². The quantitative estimate of drug-likeness (QED) is 0.809. The number of hydrogen-bond donors (Lipinski definition) is 1. The second-order valence-electron chi connectivity index (χ2n) is 3.50. The van der Waals surface area contributed by atoms with Crippen molar-refractivity contribution in [3.8, 4) is 0 Å². The van der Waals surface area contributed by atoms with E-state index in [-0.39, 0.29) is 0 Å². The van der Waals surface area contributed by atoms with Gasteiger partial charge in [0.1, 0.15) is 5.82 Å². The summed E-state index contributed by atoms with van der Waals surface area (Å²) in [6.07, 6.45) is 0. The van der Waals surface area contributed by atoms with E-state index in [0.717, 1.165) is 23.4 Å². The first-order valence-corrected chi connectivity index (χ1v) is 4.86. The molecule has 5 nitrogen and oxygen atoms in total. The number of nitrogens with zero attached hydrogens (tertiary/aromatic N) is 3. The number of aromatic nitrogens is 2. The maximum atomic E-state index is 5.48. The number of likely N-dealkylation sites (N-methyl/N-ethyl adjacent to an activating group) is 1. The van der Waals surface area contributed by atoms with Crippen molar-refractivity contribution in [3.05, 3.63) is 17.8 Å². The Kier molecular flexibility index (Phi) is 2.55. The minimum atomic E-state index is 0.578. The molecule has 80 valence electrons. The Morgan fingerprint density at radius 1 is 1.47 bits per heavy atom. The Labute approximate surface area is 87.9 Å². The Hall–Kier alpha value is -1.62. The number of hydrogen-bond acceptors (Lipinski definition) is 5. The van der Waals surface area contributed by atoms with Crippen LogP contribution in [0, 0.1) is 6.92 Å². The zero-order chi connectivity index (χ0) is 10.8. The number of fused-ring (bicyclic) bond motifs is 1.